The molecule has 0 aromatic heterocycles. The second kappa shape index (κ2) is 7.88. The molecule has 0 aliphatic rings. The third kappa shape index (κ3) is 5.49. The number of hydrogen-bond acceptors (Lipinski definition) is 5. The van der Waals surface area contributed by atoms with Crippen molar-refractivity contribution in [1.29, 1.82) is 0 Å². The van der Waals surface area contributed by atoms with Crippen LogP contribution in [0.15, 0.2) is 23.1 Å². The lowest BCUT2D eigenvalue weighted by molar-refractivity contribution is -0.127. The summed E-state index contributed by atoms with van der Waals surface area (Å²) in [5.74, 6) is -2.09. The Kier molecular flexibility index (Phi) is 6.46. The average Bonchev–Trinajstić information content (AvgIpc) is 2.50. The van der Waals surface area contributed by atoms with Crippen molar-refractivity contribution < 1.29 is 27.1 Å². The molecule has 0 heterocycles. The number of carbonyl (C=O) groups excluding carboxylic acids is 2. The number of sulfonamides is 1. The fourth-order valence-corrected chi connectivity index (χ4v) is 2.37. The number of hydrogen-bond donors (Lipinski definition) is 2. The lowest BCUT2D eigenvalue weighted by Gasteiger charge is -2.12. The van der Waals surface area contributed by atoms with Gasteiger partial charge in [0.1, 0.15) is 0 Å². The second-order valence-electron chi connectivity index (χ2n) is 4.67. The Balaban J connectivity index is 2.83. The molecule has 0 bridgehead atoms. The molecule has 0 spiro atoms. The molecule has 0 fully saturated rings. The van der Waals surface area contributed by atoms with Gasteiger partial charge >= 0.3 is 0 Å². The Hall–Kier alpha value is -2.20. The molecular weight excluding hydrogens is 329 g/mol. The molecule has 2 amide bonds. The number of ether oxygens (including phenoxy) is 1. The van der Waals surface area contributed by atoms with Crippen LogP contribution in [0.1, 0.15) is 0 Å². The molecule has 0 aliphatic carbocycles. The number of benzene rings is 1. The van der Waals surface area contributed by atoms with Crippen molar-refractivity contribution in [2.45, 2.75) is 4.90 Å². The highest BCUT2D eigenvalue weighted by atomic mass is 32.2. The summed E-state index contributed by atoms with van der Waals surface area (Å²) in [5, 5.41) is 2.30. The van der Waals surface area contributed by atoms with Gasteiger partial charge in [0.25, 0.3) is 5.91 Å². The van der Waals surface area contributed by atoms with Crippen LogP contribution < -0.4 is 14.8 Å². The zero-order valence-electron chi connectivity index (χ0n) is 12.9. The molecule has 8 nitrogen and oxygen atoms in total. The summed E-state index contributed by atoms with van der Waals surface area (Å²) in [6, 6.07) is 2.97. The van der Waals surface area contributed by atoms with E-state index in [-0.39, 0.29) is 10.6 Å². The Bertz CT molecular complexity index is 691. The van der Waals surface area contributed by atoms with Gasteiger partial charge in [-0.05, 0) is 18.2 Å². The van der Waals surface area contributed by atoms with Gasteiger partial charge in [-0.15, -0.1) is 0 Å². The number of amides is 2. The highest BCUT2D eigenvalue weighted by molar-refractivity contribution is 7.89. The van der Waals surface area contributed by atoms with E-state index in [0.29, 0.717) is 0 Å². The van der Waals surface area contributed by atoms with E-state index in [1.165, 1.54) is 26.0 Å². The molecule has 0 saturated heterocycles. The summed E-state index contributed by atoms with van der Waals surface area (Å²) in [7, 11) is 0.327. The van der Waals surface area contributed by atoms with Gasteiger partial charge in [-0.2, -0.15) is 0 Å². The quantitative estimate of drug-likeness (QED) is 0.680. The van der Waals surface area contributed by atoms with Crippen LogP contribution in [0.25, 0.3) is 0 Å². The fourth-order valence-electron chi connectivity index (χ4n) is 1.38. The van der Waals surface area contributed by atoms with Crippen LogP contribution in [0, 0.1) is 5.82 Å². The number of carbonyl (C=O) groups is 2. The molecule has 23 heavy (non-hydrogen) atoms. The van der Waals surface area contributed by atoms with Gasteiger partial charge in [0, 0.05) is 21.1 Å². The first-order valence-corrected chi connectivity index (χ1v) is 7.98. The van der Waals surface area contributed by atoms with Crippen molar-refractivity contribution in [3.63, 3.8) is 0 Å². The van der Waals surface area contributed by atoms with Gasteiger partial charge in [-0.1, -0.05) is 0 Å². The number of nitrogens with zero attached hydrogens (tertiary/aromatic N) is 1. The van der Waals surface area contributed by atoms with E-state index in [1.54, 1.807) is 0 Å². The van der Waals surface area contributed by atoms with Crippen LogP contribution in [0.4, 0.5) is 4.39 Å². The number of rotatable bonds is 7. The predicted molar refractivity (Wildman–Crippen MR) is 79.8 cm³/mol. The monoisotopic (exact) mass is 347 g/mol. The van der Waals surface area contributed by atoms with Crippen LogP contribution in [-0.4, -0.2) is 59.4 Å². The van der Waals surface area contributed by atoms with Crippen molar-refractivity contribution in [2.24, 2.45) is 0 Å². The second-order valence-corrected chi connectivity index (χ2v) is 6.43. The molecule has 10 heteroatoms. The van der Waals surface area contributed by atoms with Gasteiger partial charge in [-0.3, -0.25) is 9.59 Å². The molecular formula is C13H18FN3O5S. The van der Waals surface area contributed by atoms with E-state index in [2.05, 4.69) is 10.0 Å². The number of nitrogens with one attached hydrogen (secondary N) is 2. The van der Waals surface area contributed by atoms with Crippen molar-refractivity contribution in [3.8, 4) is 5.75 Å². The molecule has 0 radical (unpaired) electrons. The standard InChI is InChI=1S/C13H18FN3O5S/c1-15-12(18)8-22-11-5-4-9(6-10(11)14)23(20,21)16-7-13(19)17(2)3/h4-6,16H,7-8H2,1-3H3,(H,15,18). The summed E-state index contributed by atoms with van der Waals surface area (Å²) >= 11 is 0. The van der Waals surface area contributed by atoms with Gasteiger partial charge in [-0.25, -0.2) is 17.5 Å². The zero-order chi connectivity index (χ0) is 17.6. The first-order valence-electron chi connectivity index (χ1n) is 6.50. The molecule has 0 atom stereocenters. The van der Waals surface area contributed by atoms with Crippen molar-refractivity contribution in [2.75, 3.05) is 34.3 Å². The number of halogens is 1. The van der Waals surface area contributed by atoms with E-state index >= 15 is 0 Å². The van der Waals surface area contributed by atoms with Gasteiger partial charge in [0.15, 0.2) is 18.2 Å². The van der Waals surface area contributed by atoms with Crippen LogP contribution in [0.3, 0.4) is 0 Å². The average molecular weight is 347 g/mol. The minimum atomic E-state index is -4.04. The normalized spacial score (nSPS) is 11.0. The van der Waals surface area contributed by atoms with Gasteiger partial charge in [0.2, 0.25) is 15.9 Å². The van der Waals surface area contributed by atoms with Gasteiger partial charge in [0.05, 0.1) is 11.4 Å². The Morgan fingerprint density at radius 2 is 1.96 bits per heavy atom. The van der Waals surface area contributed by atoms with E-state index in [1.807, 2.05) is 0 Å². The van der Waals surface area contributed by atoms with Crippen LogP contribution in [-0.2, 0) is 19.6 Å². The minimum Gasteiger partial charge on any atom is -0.481 e. The van der Waals surface area contributed by atoms with E-state index in [0.717, 1.165) is 18.2 Å². The third-order valence-corrected chi connectivity index (χ3v) is 4.16. The van der Waals surface area contributed by atoms with Crippen LogP contribution >= 0.6 is 0 Å². The van der Waals surface area contributed by atoms with Gasteiger partial charge < -0.3 is 15.0 Å². The van der Waals surface area contributed by atoms with Crippen molar-refractivity contribution in [1.82, 2.24) is 14.9 Å². The topological polar surface area (TPSA) is 105 Å². The SMILES string of the molecule is CNC(=O)COc1ccc(S(=O)(=O)NCC(=O)N(C)C)cc1F. The summed E-state index contributed by atoms with van der Waals surface area (Å²) in [6.45, 7) is -0.832. The molecule has 1 aromatic rings. The van der Waals surface area contributed by atoms with E-state index in [4.69, 9.17) is 4.74 Å². The summed E-state index contributed by atoms with van der Waals surface area (Å²) < 4.78 is 44.8. The van der Waals surface area contributed by atoms with Crippen LogP contribution in [0.5, 0.6) is 5.75 Å². The maximum absolute atomic E-state index is 13.8. The summed E-state index contributed by atoms with van der Waals surface area (Å²) in [5.41, 5.74) is 0. The molecule has 1 aromatic carbocycles. The minimum absolute atomic E-state index is 0.253. The Labute approximate surface area is 133 Å². The predicted octanol–water partition coefficient (Wildman–Crippen LogP) is -0.683. The largest absolute Gasteiger partial charge is 0.481 e. The molecule has 1 rings (SSSR count). The highest BCUT2D eigenvalue weighted by Gasteiger charge is 2.18. The Morgan fingerprint density at radius 1 is 1.30 bits per heavy atom. The fraction of sp³-hybridized carbons (Fsp3) is 0.385. The third-order valence-electron chi connectivity index (χ3n) is 2.76. The first kappa shape index (κ1) is 18.8. The molecule has 0 aliphatic heterocycles. The zero-order valence-corrected chi connectivity index (χ0v) is 13.7. The highest BCUT2D eigenvalue weighted by Crippen LogP contribution is 2.20. The first-order chi connectivity index (χ1) is 10.7. The molecule has 0 saturated carbocycles. The maximum Gasteiger partial charge on any atom is 0.257 e. The Morgan fingerprint density at radius 3 is 2.48 bits per heavy atom. The lowest BCUT2D eigenvalue weighted by Crippen LogP contribution is -2.36. The van der Waals surface area contributed by atoms with Crippen molar-refractivity contribution in [3.05, 3.63) is 24.0 Å². The molecule has 128 valence electrons. The smallest absolute Gasteiger partial charge is 0.257 e. The van der Waals surface area contributed by atoms with Crippen molar-refractivity contribution >= 4 is 21.8 Å². The summed E-state index contributed by atoms with van der Waals surface area (Å²) in [6.07, 6.45) is 0. The number of likely N-dealkylation sites (N-methyl/N-ethyl adjacent to an activating group) is 2. The molecule has 2 N–H and O–H groups in total. The van der Waals surface area contributed by atoms with Crippen LogP contribution in [0.2, 0.25) is 0 Å². The van der Waals surface area contributed by atoms with E-state index < -0.39 is 40.8 Å². The maximum atomic E-state index is 13.8. The van der Waals surface area contributed by atoms with E-state index in [9.17, 15) is 22.4 Å². The molecule has 0 unspecified atom stereocenters. The lowest BCUT2D eigenvalue weighted by atomic mass is 10.3. The summed E-state index contributed by atoms with van der Waals surface area (Å²) in [4.78, 5) is 23.3.